The molecule has 0 saturated heterocycles. The van der Waals surface area contributed by atoms with E-state index in [2.05, 4.69) is 9.51 Å². The number of hydrogen-bond donors (Lipinski definition) is 4. The lowest BCUT2D eigenvalue weighted by Gasteiger charge is -2.18. The Morgan fingerprint density at radius 2 is 2.05 bits per heavy atom. The van der Waals surface area contributed by atoms with E-state index in [1.807, 2.05) is 6.92 Å². The molecule has 1 unspecified atom stereocenters. The van der Waals surface area contributed by atoms with Gasteiger partial charge in [0.25, 0.3) is 0 Å². The molecule has 1 aromatic rings. The summed E-state index contributed by atoms with van der Waals surface area (Å²) >= 11 is 0. The average molecular weight is 335 g/mol. The van der Waals surface area contributed by atoms with Crippen LogP contribution in [-0.4, -0.2) is 31.1 Å². The fraction of sp³-hybridized carbons (Fsp3) is 0.667. The van der Waals surface area contributed by atoms with Gasteiger partial charge in [0, 0.05) is 17.8 Å². The Morgan fingerprint density at radius 3 is 2.59 bits per heavy atom. The number of nitrogens with two attached hydrogens (primary N) is 1. The first-order valence-electron chi connectivity index (χ1n) is 6.82. The summed E-state index contributed by atoms with van der Waals surface area (Å²) in [6, 6.07) is -0.191. The van der Waals surface area contributed by atoms with Crippen molar-refractivity contribution in [2.75, 3.05) is 12.3 Å². The molecule has 0 aliphatic rings. The Kier molecular flexibility index (Phi) is 6.70. The van der Waals surface area contributed by atoms with Crippen molar-refractivity contribution >= 4 is 13.6 Å². The second-order valence-corrected chi connectivity index (χ2v) is 6.56. The van der Waals surface area contributed by atoms with E-state index in [9.17, 15) is 9.36 Å². The van der Waals surface area contributed by atoms with Crippen LogP contribution < -0.4 is 11.4 Å². The van der Waals surface area contributed by atoms with Crippen molar-refractivity contribution in [3.05, 3.63) is 22.2 Å². The molecule has 0 amide bonds. The summed E-state index contributed by atoms with van der Waals surface area (Å²) in [7, 11) is -4.46. The molecule has 0 saturated carbocycles. The number of aliphatic hydroxyl groups excluding tert-OH is 1. The summed E-state index contributed by atoms with van der Waals surface area (Å²) < 4.78 is 16.5. The topological polar surface area (TPSA) is 148 Å². The Labute approximate surface area is 128 Å². The lowest BCUT2D eigenvalue weighted by molar-refractivity contribution is 0.167. The van der Waals surface area contributed by atoms with Crippen LogP contribution in [0.25, 0.3) is 0 Å². The molecule has 1 aromatic heterocycles. The van der Waals surface area contributed by atoms with Crippen molar-refractivity contribution in [2.24, 2.45) is 5.92 Å². The number of rotatable bonds is 8. The molecule has 0 aliphatic carbocycles. The second kappa shape index (κ2) is 7.85. The van der Waals surface area contributed by atoms with E-state index < -0.39 is 13.5 Å². The number of aromatic nitrogens is 2. The zero-order valence-electron chi connectivity index (χ0n) is 12.5. The summed E-state index contributed by atoms with van der Waals surface area (Å²) in [6.07, 6.45) is 2.67. The fourth-order valence-electron chi connectivity index (χ4n) is 1.93. The van der Waals surface area contributed by atoms with Gasteiger partial charge in [-0.1, -0.05) is 6.92 Å². The van der Waals surface area contributed by atoms with Gasteiger partial charge < -0.3 is 20.6 Å². The van der Waals surface area contributed by atoms with E-state index >= 15 is 0 Å². The first-order chi connectivity index (χ1) is 10.1. The maximum atomic E-state index is 11.8. The van der Waals surface area contributed by atoms with Crippen LogP contribution in [0.2, 0.25) is 0 Å². The smallest absolute Gasteiger partial charge is 0.391 e. The third-order valence-corrected chi connectivity index (χ3v) is 3.80. The van der Waals surface area contributed by atoms with Crippen molar-refractivity contribution in [3.8, 4) is 0 Å². The molecule has 0 aromatic carbocycles. The first-order valence-corrected chi connectivity index (χ1v) is 8.35. The normalized spacial score (nSPS) is 14.8. The molecule has 0 radical (unpaired) electrons. The minimum Gasteiger partial charge on any atom is -0.391 e. The SMILES string of the molecule is CC(CC[C@@H](C)n1cc(CO)c(N)nc1=O)COP(=O)(O)O. The van der Waals surface area contributed by atoms with E-state index in [4.69, 9.17) is 20.6 Å². The molecule has 1 rings (SSSR count). The molecule has 0 aliphatic heterocycles. The molecule has 22 heavy (non-hydrogen) atoms. The van der Waals surface area contributed by atoms with Gasteiger partial charge in [0.1, 0.15) is 5.82 Å². The highest BCUT2D eigenvalue weighted by Crippen LogP contribution is 2.36. The lowest BCUT2D eigenvalue weighted by Crippen LogP contribution is -2.27. The fourth-order valence-corrected chi connectivity index (χ4v) is 2.38. The quantitative estimate of drug-likeness (QED) is 0.499. The summed E-state index contributed by atoms with van der Waals surface area (Å²) in [5.74, 6) is -0.0656. The molecule has 2 atom stereocenters. The van der Waals surface area contributed by atoms with Crippen molar-refractivity contribution in [3.63, 3.8) is 0 Å². The number of phosphoric ester groups is 1. The number of hydrogen-bond acceptors (Lipinski definition) is 6. The highest BCUT2D eigenvalue weighted by molar-refractivity contribution is 7.46. The zero-order chi connectivity index (χ0) is 16.9. The summed E-state index contributed by atoms with van der Waals surface area (Å²) in [6.45, 7) is 3.24. The Hall–Kier alpha value is -1.25. The van der Waals surface area contributed by atoms with Crippen LogP contribution in [0, 0.1) is 5.92 Å². The maximum absolute atomic E-state index is 11.8. The number of anilines is 1. The van der Waals surface area contributed by atoms with E-state index in [1.165, 1.54) is 10.8 Å². The van der Waals surface area contributed by atoms with Crippen molar-refractivity contribution in [2.45, 2.75) is 39.3 Å². The predicted molar refractivity (Wildman–Crippen MR) is 79.9 cm³/mol. The molecule has 0 spiro atoms. The summed E-state index contributed by atoms with van der Waals surface area (Å²) in [5, 5.41) is 9.15. The Balaban J connectivity index is 2.64. The Morgan fingerprint density at radius 1 is 1.41 bits per heavy atom. The molecular formula is C12H22N3O6P. The van der Waals surface area contributed by atoms with Crippen LogP contribution in [-0.2, 0) is 15.7 Å². The first kappa shape index (κ1) is 18.8. The highest BCUT2D eigenvalue weighted by Gasteiger charge is 2.17. The zero-order valence-corrected chi connectivity index (χ0v) is 13.4. The van der Waals surface area contributed by atoms with Gasteiger partial charge in [-0.05, 0) is 25.7 Å². The largest absolute Gasteiger partial charge is 0.469 e. The molecule has 1 heterocycles. The standard InChI is InChI=1S/C12H22N3O6P/c1-8(7-21-22(18,19)20)3-4-9(2)15-5-10(6-16)11(13)14-12(15)17/h5,8-9,16H,3-4,6-7H2,1-2H3,(H2,13,14,17)(H2,18,19,20)/t8?,9-/m1/s1. The van der Waals surface area contributed by atoms with Gasteiger partial charge in [0.15, 0.2) is 0 Å². The van der Waals surface area contributed by atoms with Crippen LogP contribution in [0.4, 0.5) is 5.82 Å². The third kappa shape index (κ3) is 5.86. The van der Waals surface area contributed by atoms with E-state index in [1.54, 1.807) is 6.92 Å². The number of nitrogens with zero attached hydrogens (tertiary/aromatic N) is 2. The van der Waals surface area contributed by atoms with Crippen LogP contribution in [0.3, 0.4) is 0 Å². The van der Waals surface area contributed by atoms with Gasteiger partial charge in [-0.2, -0.15) is 4.98 Å². The number of nitrogen functional groups attached to an aromatic ring is 1. The lowest BCUT2D eigenvalue weighted by atomic mass is 10.0. The molecule has 10 heteroatoms. The van der Waals surface area contributed by atoms with E-state index in [0.29, 0.717) is 18.4 Å². The molecule has 9 nitrogen and oxygen atoms in total. The highest BCUT2D eigenvalue weighted by atomic mass is 31.2. The molecule has 5 N–H and O–H groups in total. The minimum absolute atomic E-state index is 0.0133. The van der Waals surface area contributed by atoms with Gasteiger partial charge in [-0.15, -0.1) is 0 Å². The van der Waals surface area contributed by atoms with E-state index in [0.717, 1.165) is 0 Å². The summed E-state index contributed by atoms with van der Waals surface area (Å²) in [4.78, 5) is 32.8. The minimum atomic E-state index is -4.46. The van der Waals surface area contributed by atoms with Crippen LogP contribution in [0.5, 0.6) is 0 Å². The van der Waals surface area contributed by atoms with Crippen molar-refractivity contribution in [1.82, 2.24) is 9.55 Å². The van der Waals surface area contributed by atoms with Gasteiger partial charge >= 0.3 is 13.5 Å². The molecular weight excluding hydrogens is 313 g/mol. The third-order valence-electron chi connectivity index (χ3n) is 3.31. The van der Waals surface area contributed by atoms with Crippen LogP contribution >= 0.6 is 7.82 Å². The predicted octanol–water partition coefficient (Wildman–Crippen LogP) is 0.404. The van der Waals surface area contributed by atoms with E-state index in [-0.39, 0.29) is 31.0 Å². The van der Waals surface area contributed by atoms with Gasteiger partial charge in [0.2, 0.25) is 0 Å². The van der Waals surface area contributed by atoms with Gasteiger partial charge in [-0.3, -0.25) is 9.09 Å². The second-order valence-electron chi connectivity index (χ2n) is 5.32. The van der Waals surface area contributed by atoms with Gasteiger partial charge in [-0.25, -0.2) is 9.36 Å². The van der Waals surface area contributed by atoms with Crippen LogP contribution in [0.15, 0.2) is 11.0 Å². The van der Waals surface area contributed by atoms with Gasteiger partial charge in [0.05, 0.1) is 13.2 Å². The van der Waals surface area contributed by atoms with Crippen LogP contribution in [0.1, 0.15) is 38.3 Å². The molecule has 0 fully saturated rings. The average Bonchev–Trinajstić information content (AvgIpc) is 2.42. The van der Waals surface area contributed by atoms with Crippen molar-refractivity contribution < 1.29 is 24.0 Å². The molecule has 126 valence electrons. The molecule has 0 bridgehead atoms. The monoisotopic (exact) mass is 335 g/mol. The number of aliphatic hydroxyl groups is 1. The Bertz CT molecular complexity index is 599. The van der Waals surface area contributed by atoms with Crippen molar-refractivity contribution in [1.29, 1.82) is 0 Å². The number of phosphoric acid groups is 1. The summed E-state index contributed by atoms with van der Waals surface area (Å²) in [5.41, 5.74) is 5.41. The maximum Gasteiger partial charge on any atom is 0.469 e.